The highest BCUT2D eigenvalue weighted by atomic mass is 19.1. The van der Waals surface area contributed by atoms with E-state index in [1.165, 1.54) is 24.4 Å². The highest BCUT2D eigenvalue weighted by molar-refractivity contribution is 6.08. The molecule has 0 bridgehead atoms. The molecule has 0 radical (unpaired) electrons. The molecule has 0 atom stereocenters. The Morgan fingerprint density at radius 2 is 2.11 bits per heavy atom. The first kappa shape index (κ1) is 13.2. The largest absolute Gasteiger partial charge is 0.492 e. The van der Waals surface area contributed by atoms with E-state index in [1.807, 2.05) is 6.92 Å². The molecule has 0 N–H and O–H groups in total. The van der Waals surface area contributed by atoms with Crippen molar-refractivity contribution in [2.45, 2.75) is 13.3 Å². The first-order valence-corrected chi connectivity index (χ1v) is 6.09. The van der Waals surface area contributed by atoms with Gasteiger partial charge in [0.05, 0.1) is 12.8 Å². The van der Waals surface area contributed by atoms with Gasteiger partial charge in [0.25, 0.3) is 0 Å². The lowest BCUT2D eigenvalue weighted by atomic mass is 10.1. The van der Waals surface area contributed by atoms with Crippen molar-refractivity contribution in [1.29, 1.82) is 0 Å². The molecular weight excluding hydrogens is 245 g/mol. The van der Waals surface area contributed by atoms with E-state index < -0.39 is 5.82 Å². The summed E-state index contributed by atoms with van der Waals surface area (Å²) in [6.45, 7) is 2.56. The number of hydrogen-bond donors (Lipinski definition) is 0. The molecule has 4 heteroatoms. The van der Waals surface area contributed by atoms with Crippen LogP contribution in [0.4, 0.5) is 4.39 Å². The second-order valence-corrected chi connectivity index (χ2v) is 4.10. The number of nitrogens with zero attached hydrogens (tertiary/aromatic N) is 1. The van der Waals surface area contributed by atoms with Gasteiger partial charge in [0.2, 0.25) is 0 Å². The van der Waals surface area contributed by atoms with Gasteiger partial charge < -0.3 is 4.74 Å². The third-order valence-electron chi connectivity index (χ3n) is 2.54. The van der Waals surface area contributed by atoms with Crippen LogP contribution in [0.3, 0.4) is 0 Å². The summed E-state index contributed by atoms with van der Waals surface area (Å²) in [5.74, 6) is -0.157. The molecule has 0 saturated heterocycles. The second kappa shape index (κ2) is 6.09. The molecule has 1 aromatic heterocycles. The zero-order chi connectivity index (χ0) is 13.7. The van der Waals surface area contributed by atoms with E-state index in [9.17, 15) is 9.18 Å². The topological polar surface area (TPSA) is 39.2 Å². The van der Waals surface area contributed by atoms with Crippen LogP contribution in [0.5, 0.6) is 5.75 Å². The molecule has 0 amide bonds. The summed E-state index contributed by atoms with van der Waals surface area (Å²) in [4.78, 5) is 16.1. The van der Waals surface area contributed by atoms with Gasteiger partial charge in [-0.05, 0) is 24.6 Å². The van der Waals surface area contributed by atoms with Crippen molar-refractivity contribution in [2.75, 3.05) is 6.61 Å². The molecule has 1 aromatic carbocycles. The van der Waals surface area contributed by atoms with E-state index in [-0.39, 0.29) is 5.78 Å². The number of aromatic nitrogens is 1. The quantitative estimate of drug-likeness (QED) is 0.774. The Morgan fingerprint density at radius 3 is 2.84 bits per heavy atom. The average Bonchev–Trinajstić information content (AvgIpc) is 2.44. The minimum atomic E-state index is -0.433. The predicted octanol–water partition coefficient (Wildman–Crippen LogP) is 3.24. The normalized spacial score (nSPS) is 10.2. The summed E-state index contributed by atoms with van der Waals surface area (Å²) in [7, 11) is 0. The van der Waals surface area contributed by atoms with Gasteiger partial charge in [-0.15, -0.1) is 0 Å². The maximum atomic E-state index is 13.1. The molecule has 0 aliphatic rings. The van der Waals surface area contributed by atoms with Gasteiger partial charge >= 0.3 is 0 Å². The second-order valence-electron chi connectivity index (χ2n) is 4.10. The lowest BCUT2D eigenvalue weighted by Gasteiger charge is -2.06. The fraction of sp³-hybridized carbons (Fsp3) is 0.200. The van der Waals surface area contributed by atoms with Gasteiger partial charge in [-0.3, -0.25) is 9.78 Å². The van der Waals surface area contributed by atoms with Gasteiger partial charge in [-0.2, -0.15) is 0 Å². The van der Waals surface area contributed by atoms with Crippen LogP contribution in [-0.2, 0) is 0 Å². The Bertz CT molecular complexity index is 584. The van der Waals surface area contributed by atoms with E-state index >= 15 is 0 Å². The van der Waals surface area contributed by atoms with Crippen LogP contribution in [0.1, 0.15) is 29.3 Å². The maximum Gasteiger partial charge on any atom is 0.194 e. The Hall–Kier alpha value is -2.23. The number of ether oxygens (including phenoxy) is 1. The summed E-state index contributed by atoms with van der Waals surface area (Å²) in [5.41, 5.74) is 0.689. The SMILES string of the molecule is CCCOc1cncc(C(=O)c2cccc(F)c2)c1. The maximum absolute atomic E-state index is 13.1. The average molecular weight is 259 g/mol. The summed E-state index contributed by atoms with van der Waals surface area (Å²) in [6, 6.07) is 7.21. The molecule has 1 heterocycles. The molecule has 2 rings (SSSR count). The van der Waals surface area contributed by atoms with Crippen LogP contribution in [-0.4, -0.2) is 17.4 Å². The van der Waals surface area contributed by atoms with E-state index in [0.717, 1.165) is 6.42 Å². The summed E-state index contributed by atoms with van der Waals surface area (Å²) in [6.07, 6.45) is 3.88. The monoisotopic (exact) mass is 259 g/mol. The van der Waals surface area contributed by atoms with E-state index in [4.69, 9.17) is 4.74 Å². The number of benzene rings is 1. The van der Waals surface area contributed by atoms with E-state index in [2.05, 4.69) is 4.98 Å². The smallest absolute Gasteiger partial charge is 0.194 e. The molecule has 0 aliphatic carbocycles. The van der Waals surface area contributed by atoms with Crippen molar-refractivity contribution in [2.24, 2.45) is 0 Å². The van der Waals surface area contributed by atoms with Gasteiger partial charge in [0.15, 0.2) is 5.78 Å². The molecule has 0 spiro atoms. The van der Waals surface area contributed by atoms with Gasteiger partial charge in [0.1, 0.15) is 11.6 Å². The standard InChI is InChI=1S/C15H14FNO2/c1-2-6-19-14-8-12(9-17-10-14)15(18)11-4-3-5-13(16)7-11/h3-5,7-10H,2,6H2,1H3. The molecule has 2 aromatic rings. The van der Waals surface area contributed by atoms with Crippen molar-refractivity contribution in [3.63, 3.8) is 0 Å². The van der Waals surface area contributed by atoms with Crippen molar-refractivity contribution in [3.05, 3.63) is 59.7 Å². The van der Waals surface area contributed by atoms with Crippen LogP contribution in [0.25, 0.3) is 0 Å². The zero-order valence-corrected chi connectivity index (χ0v) is 10.6. The third kappa shape index (κ3) is 3.37. The fourth-order valence-corrected chi connectivity index (χ4v) is 1.64. The van der Waals surface area contributed by atoms with E-state index in [1.54, 1.807) is 18.3 Å². The highest BCUT2D eigenvalue weighted by Crippen LogP contribution is 2.16. The van der Waals surface area contributed by atoms with E-state index in [0.29, 0.717) is 23.5 Å². The summed E-state index contributed by atoms with van der Waals surface area (Å²) in [5, 5.41) is 0. The minimum absolute atomic E-state index is 0.269. The van der Waals surface area contributed by atoms with Crippen molar-refractivity contribution in [3.8, 4) is 5.75 Å². The Labute approximate surface area is 111 Å². The first-order chi connectivity index (χ1) is 9.20. The molecule has 3 nitrogen and oxygen atoms in total. The third-order valence-corrected chi connectivity index (χ3v) is 2.54. The fourth-order valence-electron chi connectivity index (χ4n) is 1.64. The van der Waals surface area contributed by atoms with Gasteiger partial charge in [-0.1, -0.05) is 19.1 Å². The van der Waals surface area contributed by atoms with Gasteiger partial charge in [-0.25, -0.2) is 4.39 Å². The summed E-state index contributed by atoms with van der Waals surface area (Å²) < 4.78 is 18.5. The molecule has 0 saturated carbocycles. The Morgan fingerprint density at radius 1 is 1.26 bits per heavy atom. The lowest BCUT2D eigenvalue weighted by Crippen LogP contribution is -2.04. The number of carbonyl (C=O) groups excluding carboxylic acids is 1. The lowest BCUT2D eigenvalue weighted by molar-refractivity contribution is 0.103. The van der Waals surface area contributed by atoms with Crippen LogP contribution < -0.4 is 4.74 Å². The van der Waals surface area contributed by atoms with Crippen LogP contribution >= 0.6 is 0 Å². The van der Waals surface area contributed by atoms with Crippen LogP contribution in [0.15, 0.2) is 42.7 Å². The number of hydrogen-bond acceptors (Lipinski definition) is 3. The van der Waals surface area contributed by atoms with Crippen LogP contribution in [0.2, 0.25) is 0 Å². The Balaban J connectivity index is 2.24. The zero-order valence-electron chi connectivity index (χ0n) is 10.6. The predicted molar refractivity (Wildman–Crippen MR) is 69.9 cm³/mol. The summed E-state index contributed by atoms with van der Waals surface area (Å²) >= 11 is 0. The number of halogens is 1. The molecule has 19 heavy (non-hydrogen) atoms. The van der Waals surface area contributed by atoms with Crippen molar-refractivity contribution < 1.29 is 13.9 Å². The molecule has 0 fully saturated rings. The molecule has 98 valence electrons. The van der Waals surface area contributed by atoms with Crippen LogP contribution in [0, 0.1) is 5.82 Å². The number of ketones is 1. The highest BCUT2D eigenvalue weighted by Gasteiger charge is 2.11. The number of pyridine rings is 1. The van der Waals surface area contributed by atoms with Gasteiger partial charge in [0, 0.05) is 17.3 Å². The van der Waals surface area contributed by atoms with Crippen molar-refractivity contribution in [1.82, 2.24) is 4.98 Å². The minimum Gasteiger partial charge on any atom is -0.492 e. The first-order valence-electron chi connectivity index (χ1n) is 6.09. The molecular formula is C15H14FNO2. The number of rotatable bonds is 5. The molecule has 0 aliphatic heterocycles. The van der Waals surface area contributed by atoms with Crippen molar-refractivity contribution >= 4 is 5.78 Å². The Kier molecular flexibility index (Phi) is 4.23. The number of carbonyl (C=O) groups is 1. The molecule has 0 unspecified atom stereocenters.